The van der Waals surface area contributed by atoms with Gasteiger partial charge in [-0.05, 0) is 25.7 Å². The molecule has 0 aliphatic carbocycles. The van der Waals surface area contributed by atoms with Crippen molar-refractivity contribution in [1.29, 1.82) is 0 Å². The van der Waals surface area contributed by atoms with Crippen molar-refractivity contribution < 1.29 is 9.83 Å². The molecule has 0 radical (unpaired) electrons. The van der Waals surface area contributed by atoms with Crippen LogP contribution in [-0.2, 0) is 4.79 Å². The van der Waals surface area contributed by atoms with E-state index in [-0.39, 0.29) is 11.9 Å². The first-order valence-electron chi connectivity index (χ1n) is 10.7. The fourth-order valence-corrected chi connectivity index (χ4v) is 2.89. The Morgan fingerprint density at radius 1 is 1.00 bits per heavy atom. The number of hydrogen-bond acceptors (Lipinski definition) is 5. The summed E-state index contributed by atoms with van der Waals surface area (Å²) < 4.78 is 0. The van der Waals surface area contributed by atoms with Crippen LogP contribution in [0.5, 0.6) is 0 Å². The highest BCUT2D eigenvalue weighted by Gasteiger charge is 2.11. The highest BCUT2D eigenvalue weighted by Crippen LogP contribution is 2.10. The molecule has 0 bridgehead atoms. The van der Waals surface area contributed by atoms with E-state index in [0.717, 1.165) is 12.8 Å². The molecule has 0 aromatic heterocycles. The second-order valence-corrected chi connectivity index (χ2v) is 7.21. The average Bonchev–Trinajstić information content (AvgIpc) is 2.64. The Bertz CT molecular complexity index is 445. The summed E-state index contributed by atoms with van der Waals surface area (Å²) in [6, 6.07) is -0.527. The van der Waals surface area contributed by atoms with Gasteiger partial charge in [-0.25, -0.2) is 15.1 Å². The third-order valence-corrected chi connectivity index (χ3v) is 4.58. The van der Waals surface area contributed by atoms with Gasteiger partial charge in [0.1, 0.15) is 0 Å². The number of hydrogen-bond donors (Lipinski definition) is 4. The quantitative estimate of drug-likeness (QED) is 0.0913. The van der Waals surface area contributed by atoms with E-state index >= 15 is 0 Å². The van der Waals surface area contributed by atoms with Crippen molar-refractivity contribution in [3.8, 4) is 0 Å². The van der Waals surface area contributed by atoms with Crippen molar-refractivity contribution in [1.82, 2.24) is 10.7 Å². The van der Waals surface area contributed by atoms with Crippen molar-refractivity contribution in [3.05, 3.63) is 10.1 Å². The highest BCUT2D eigenvalue weighted by molar-refractivity contribution is 5.81. The third-order valence-electron chi connectivity index (χ3n) is 4.58. The molecule has 9 nitrogen and oxygen atoms in total. The molecule has 0 fully saturated rings. The van der Waals surface area contributed by atoms with Crippen LogP contribution in [0.4, 0.5) is 0 Å². The van der Waals surface area contributed by atoms with Crippen LogP contribution in [0, 0.1) is 10.1 Å². The number of rotatable bonds is 18. The normalized spacial score (nSPS) is 12.6. The summed E-state index contributed by atoms with van der Waals surface area (Å²) in [5.74, 6) is -0.336. The maximum absolute atomic E-state index is 11.9. The number of aliphatic imine (C=N–C) groups is 1. The maximum atomic E-state index is 11.9. The zero-order valence-electron chi connectivity index (χ0n) is 17.5. The molecule has 0 heterocycles. The molecule has 164 valence electrons. The molecule has 0 aromatic carbocycles. The molecule has 0 aromatic rings. The van der Waals surface area contributed by atoms with Gasteiger partial charge in [0.15, 0.2) is 5.03 Å². The molecule has 0 saturated carbocycles. The van der Waals surface area contributed by atoms with Crippen molar-refractivity contribution in [2.45, 2.75) is 96.4 Å². The van der Waals surface area contributed by atoms with Gasteiger partial charge in [0.2, 0.25) is 5.91 Å². The summed E-state index contributed by atoms with van der Waals surface area (Å²) >= 11 is 0. The van der Waals surface area contributed by atoms with Crippen LogP contribution in [0.15, 0.2) is 4.99 Å². The van der Waals surface area contributed by atoms with E-state index in [1.54, 1.807) is 5.43 Å². The molecular formula is C19H40N6O3. The highest BCUT2D eigenvalue weighted by atomic mass is 16.7. The van der Waals surface area contributed by atoms with Crippen LogP contribution >= 0.6 is 0 Å². The second-order valence-electron chi connectivity index (χ2n) is 7.21. The van der Waals surface area contributed by atoms with Crippen LogP contribution in [0.2, 0.25) is 0 Å². The summed E-state index contributed by atoms with van der Waals surface area (Å²) in [5, 5.41) is 12.3. The van der Waals surface area contributed by atoms with Gasteiger partial charge < -0.3 is 16.8 Å². The largest absolute Gasteiger partial charge is 0.365 e. The van der Waals surface area contributed by atoms with Gasteiger partial charge in [0.05, 0.1) is 6.04 Å². The second kappa shape index (κ2) is 18.5. The molecule has 1 atom stereocenters. The number of nitrogens with two attached hydrogens (primary N) is 2. The van der Waals surface area contributed by atoms with Crippen LogP contribution < -0.4 is 22.2 Å². The standard InChI is InChI=1S/C19H40N6O3/c1-2-3-4-5-6-7-8-9-10-12-15-22-18(26)17(20)14-11-13-16-23-19(21)24-25(27)28/h17H,2-16,20H2,1H3,(H,22,26)(H3,21,23,24)/t17-/m0/s1. The smallest absolute Gasteiger partial charge is 0.251 e. The predicted molar refractivity (Wildman–Crippen MR) is 113 cm³/mol. The zero-order chi connectivity index (χ0) is 21.0. The molecular weight excluding hydrogens is 360 g/mol. The minimum Gasteiger partial charge on any atom is -0.365 e. The number of guanidine groups is 1. The van der Waals surface area contributed by atoms with Gasteiger partial charge >= 0.3 is 0 Å². The fraction of sp³-hybridized carbons (Fsp3) is 0.895. The van der Waals surface area contributed by atoms with Crippen LogP contribution in [-0.4, -0.2) is 36.0 Å². The number of amides is 1. The average molecular weight is 401 g/mol. The van der Waals surface area contributed by atoms with E-state index in [1.165, 1.54) is 51.4 Å². The summed E-state index contributed by atoms with van der Waals surface area (Å²) in [5.41, 5.74) is 13.0. The number of nitrogens with zero attached hydrogens (tertiary/aromatic N) is 2. The third kappa shape index (κ3) is 17.5. The molecule has 0 rings (SSSR count). The van der Waals surface area contributed by atoms with Gasteiger partial charge in [-0.15, -0.1) is 0 Å². The van der Waals surface area contributed by atoms with E-state index in [1.807, 2.05) is 0 Å². The number of carbonyl (C=O) groups excluding carboxylic acids is 1. The Kier molecular flexibility index (Phi) is 17.2. The Labute approximate surface area is 169 Å². The van der Waals surface area contributed by atoms with E-state index in [2.05, 4.69) is 17.2 Å². The van der Waals surface area contributed by atoms with Crippen molar-refractivity contribution >= 4 is 11.9 Å². The first-order valence-corrected chi connectivity index (χ1v) is 10.7. The van der Waals surface area contributed by atoms with Gasteiger partial charge in [-0.1, -0.05) is 70.1 Å². The number of carbonyl (C=O) groups is 1. The molecule has 6 N–H and O–H groups in total. The molecule has 9 heteroatoms. The van der Waals surface area contributed by atoms with E-state index in [4.69, 9.17) is 11.5 Å². The first-order chi connectivity index (χ1) is 13.5. The lowest BCUT2D eigenvalue weighted by Gasteiger charge is -2.12. The zero-order valence-corrected chi connectivity index (χ0v) is 17.5. The van der Waals surface area contributed by atoms with Crippen molar-refractivity contribution in [2.75, 3.05) is 13.1 Å². The maximum Gasteiger partial charge on any atom is 0.251 e. The SMILES string of the molecule is CCCCCCCCCCCCNC(=O)[C@@H](N)CCCCN=C(N)N[N+](=O)[O-]. The minimum absolute atomic E-state index is 0.117. The fourth-order valence-electron chi connectivity index (χ4n) is 2.89. The van der Waals surface area contributed by atoms with E-state index in [9.17, 15) is 14.9 Å². The Hall–Kier alpha value is -1.90. The number of hydrazine groups is 1. The lowest BCUT2D eigenvalue weighted by molar-refractivity contribution is -0.525. The summed E-state index contributed by atoms with van der Waals surface area (Å²) in [7, 11) is 0. The summed E-state index contributed by atoms with van der Waals surface area (Å²) in [4.78, 5) is 25.9. The monoisotopic (exact) mass is 400 g/mol. The van der Waals surface area contributed by atoms with Gasteiger partial charge in [0, 0.05) is 13.1 Å². The summed E-state index contributed by atoms with van der Waals surface area (Å²) in [6.07, 6.45) is 14.6. The number of nitro groups is 1. The van der Waals surface area contributed by atoms with Crippen molar-refractivity contribution in [3.63, 3.8) is 0 Å². The van der Waals surface area contributed by atoms with Crippen LogP contribution in [0.3, 0.4) is 0 Å². The number of nitrogens with one attached hydrogen (secondary N) is 2. The lowest BCUT2D eigenvalue weighted by Crippen LogP contribution is -2.40. The van der Waals surface area contributed by atoms with Crippen LogP contribution in [0.25, 0.3) is 0 Å². The van der Waals surface area contributed by atoms with Gasteiger partial charge in [-0.3, -0.25) is 4.79 Å². The first kappa shape index (κ1) is 26.1. The molecule has 0 unspecified atom stereocenters. The van der Waals surface area contributed by atoms with Gasteiger partial charge in [0.25, 0.3) is 5.96 Å². The molecule has 0 aliphatic heterocycles. The Balaban J connectivity index is 3.50. The summed E-state index contributed by atoms with van der Waals surface area (Å²) in [6.45, 7) is 3.27. The van der Waals surface area contributed by atoms with Gasteiger partial charge in [-0.2, -0.15) is 0 Å². The van der Waals surface area contributed by atoms with E-state index in [0.29, 0.717) is 32.4 Å². The molecule has 0 aliphatic rings. The molecule has 0 spiro atoms. The Morgan fingerprint density at radius 3 is 2.14 bits per heavy atom. The molecule has 28 heavy (non-hydrogen) atoms. The number of unbranched alkanes of at least 4 members (excludes halogenated alkanes) is 10. The molecule has 0 saturated heterocycles. The topological polar surface area (TPSA) is 149 Å². The lowest BCUT2D eigenvalue weighted by atomic mass is 10.1. The Morgan fingerprint density at radius 2 is 1.57 bits per heavy atom. The predicted octanol–water partition coefficient (Wildman–Crippen LogP) is 2.62. The van der Waals surface area contributed by atoms with Crippen LogP contribution in [0.1, 0.15) is 90.4 Å². The minimum atomic E-state index is -0.756. The van der Waals surface area contributed by atoms with Crippen molar-refractivity contribution in [2.24, 2.45) is 16.5 Å². The van der Waals surface area contributed by atoms with E-state index < -0.39 is 11.1 Å². The molecule has 1 amide bonds.